The molecular formula is C15H17ClN2O2. The fourth-order valence-corrected chi connectivity index (χ4v) is 3.40. The number of carbonyl (C=O) groups is 2. The van der Waals surface area contributed by atoms with E-state index in [9.17, 15) is 9.59 Å². The Balaban J connectivity index is 1.86. The zero-order valence-electron chi connectivity index (χ0n) is 11.2. The van der Waals surface area contributed by atoms with Crippen molar-refractivity contribution in [2.75, 3.05) is 4.90 Å². The molecule has 106 valence electrons. The topological polar surface area (TPSA) is 49.4 Å². The smallest absolute Gasteiger partial charge is 0.329 e. The molecule has 5 heteroatoms. The summed E-state index contributed by atoms with van der Waals surface area (Å²) in [6.07, 6.45) is 5.51. The van der Waals surface area contributed by atoms with E-state index in [4.69, 9.17) is 11.6 Å². The number of benzene rings is 1. The van der Waals surface area contributed by atoms with Gasteiger partial charge in [-0.15, -0.1) is 0 Å². The standard InChI is InChI=1S/C15H17ClN2O2/c16-11-5-4-6-12(9-11)18-13(19)10-15(17-14(18)20)7-2-1-3-8-15/h4-6,9H,1-3,7-8,10H2,(H,17,20). The molecule has 2 fully saturated rings. The van der Waals surface area contributed by atoms with Crippen LogP contribution >= 0.6 is 11.6 Å². The zero-order chi connectivity index (χ0) is 14.2. The molecule has 1 aliphatic carbocycles. The van der Waals surface area contributed by atoms with Gasteiger partial charge in [0.05, 0.1) is 17.6 Å². The minimum atomic E-state index is -0.328. The highest BCUT2D eigenvalue weighted by atomic mass is 35.5. The first-order valence-electron chi connectivity index (χ1n) is 7.00. The van der Waals surface area contributed by atoms with Gasteiger partial charge in [-0.2, -0.15) is 0 Å². The first kappa shape index (κ1) is 13.4. The van der Waals surface area contributed by atoms with Crippen LogP contribution in [0.1, 0.15) is 38.5 Å². The van der Waals surface area contributed by atoms with Crippen LogP contribution in [0.5, 0.6) is 0 Å². The third-order valence-electron chi connectivity index (χ3n) is 4.19. The van der Waals surface area contributed by atoms with Gasteiger partial charge in [0.25, 0.3) is 0 Å². The lowest BCUT2D eigenvalue weighted by Gasteiger charge is -2.43. The number of nitrogens with zero attached hydrogens (tertiary/aromatic N) is 1. The van der Waals surface area contributed by atoms with Gasteiger partial charge in [-0.25, -0.2) is 9.69 Å². The molecule has 1 spiro atoms. The average Bonchev–Trinajstić information content (AvgIpc) is 2.38. The van der Waals surface area contributed by atoms with Crippen molar-refractivity contribution in [1.82, 2.24) is 5.32 Å². The first-order valence-corrected chi connectivity index (χ1v) is 7.38. The number of amides is 3. The molecule has 0 radical (unpaired) electrons. The number of urea groups is 1. The van der Waals surface area contributed by atoms with E-state index in [1.165, 1.54) is 11.3 Å². The van der Waals surface area contributed by atoms with Crippen LogP contribution in [0.15, 0.2) is 24.3 Å². The minimum absolute atomic E-state index is 0.141. The van der Waals surface area contributed by atoms with Crippen molar-refractivity contribution in [2.24, 2.45) is 0 Å². The molecule has 1 saturated heterocycles. The van der Waals surface area contributed by atoms with E-state index in [1.54, 1.807) is 24.3 Å². The largest absolute Gasteiger partial charge is 0.331 e. The number of imide groups is 1. The van der Waals surface area contributed by atoms with E-state index < -0.39 is 0 Å². The molecule has 1 heterocycles. The fraction of sp³-hybridized carbons (Fsp3) is 0.467. The summed E-state index contributed by atoms with van der Waals surface area (Å²) in [7, 11) is 0. The van der Waals surface area contributed by atoms with Gasteiger partial charge in [0, 0.05) is 5.02 Å². The molecular weight excluding hydrogens is 276 g/mol. The van der Waals surface area contributed by atoms with Crippen LogP contribution in [0.3, 0.4) is 0 Å². The number of halogens is 1. The van der Waals surface area contributed by atoms with E-state index >= 15 is 0 Å². The van der Waals surface area contributed by atoms with Crippen molar-refractivity contribution in [3.05, 3.63) is 29.3 Å². The number of hydrogen-bond donors (Lipinski definition) is 1. The molecule has 1 aromatic rings. The van der Waals surface area contributed by atoms with Gasteiger partial charge in [-0.05, 0) is 31.0 Å². The van der Waals surface area contributed by atoms with Crippen LogP contribution in [0, 0.1) is 0 Å². The second-order valence-corrected chi connectivity index (χ2v) is 6.09. The van der Waals surface area contributed by atoms with Gasteiger partial charge < -0.3 is 5.32 Å². The highest BCUT2D eigenvalue weighted by molar-refractivity contribution is 6.31. The van der Waals surface area contributed by atoms with Gasteiger partial charge in [-0.3, -0.25) is 4.79 Å². The summed E-state index contributed by atoms with van der Waals surface area (Å²) in [4.78, 5) is 26.0. The lowest BCUT2D eigenvalue weighted by atomic mass is 9.78. The van der Waals surface area contributed by atoms with Crippen molar-refractivity contribution in [2.45, 2.75) is 44.1 Å². The van der Waals surface area contributed by atoms with Crippen LogP contribution in [0.2, 0.25) is 5.02 Å². The second-order valence-electron chi connectivity index (χ2n) is 5.66. The van der Waals surface area contributed by atoms with Crippen molar-refractivity contribution >= 4 is 29.2 Å². The van der Waals surface area contributed by atoms with Gasteiger partial charge >= 0.3 is 6.03 Å². The molecule has 0 atom stereocenters. The fourth-order valence-electron chi connectivity index (χ4n) is 3.22. The Labute approximate surface area is 123 Å². The Bertz CT molecular complexity index is 533. The summed E-state index contributed by atoms with van der Waals surface area (Å²) >= 11 is 5.93. The van der Waals surface area contributed by atoms with E-state index in [0.29, 0.717) is 17.1 Å². The zero-order valence-corrected chi connectivity index (χ0v) is 11.9. The number of rotatable bonds is 1. The maximum atomic E-state index is 12.4. The molecule has 1 aromatic carbocycles. The summed E-state index contributed by atoms with van der Waals surface area (Å²) in [5, 5.41) is 3.57. The minimum Gasteiger partial charge on any atom is -0.331 e. The van der Waals surface area contributed by atoms with Crippen molar-refractivity contribution < 1.29 is 9.59 Å². The van der Waals surface area contributed by atoms with E-state index in [0.717, 1.165) is 25.7 Å². The maximum Gasteiger partial charge on any atom is 0.329 e. The number of nitrogens with one attached hydrogen (secondary N) is 1. The van der Waals surface area contributed by atoms with Crippen molar-refractivity contribution in [1.29, 1.82) is 0 Å². The van der Waals surface area contributed by atoms with E-state index in [2.05, 4.69) is 5.32 Å². The molecule has 1 N–H and O–H groups in total. The van der Waals surface area contributed by atoms with Crippen LogP contribution in [-0.4, -0.2) is 17.5 Å². The monoisotopic (exact) mass is 292 g/mol. The number of hydrogen-bond acceptors (Lipinski definition) is 2. The Morgan fingerprint density at radius 3 is 2.55 bits per heavy atom. The summed E-state index contributed by atoms with van der Waals surface area (Å²) in [6.45, 7) is 0. The molecule has 1 aliphatic heterocycles. The van der Waals surface area contributed by atoms with Crippen LogP contribution in [-0.2, 0) is 4.79 Å². The van der Waals surface area contributed by atoms with Gasteiger partial charge in [0.2, 0.25) is 5.91 Å². The third-order valence-corrected chi connectivity index (χ3v) is 4.43. The lowest BCUT2D eigenvalue weighted by molar-refractivity contribution is -0.120. The molecule has 0 aromatic heterocycles. The maximum absolute atomic E-state index is 12.4. The Morgan fingerprint density at radius 1 is 1.15 bits per heavy atom. The average molecular weight is 293 g/mol. The van der Waals surface area contributed by atoms with Crippen molar-refractivity contribution in [3.63, 3.8) is 0 Å². The predicted octanol–water partition coefficient (Wildman–Crippen LogP) is 3.49. The molecule has 0 unspecified atom stereocenters. The van der Waals surface area contributed by atoms with Crippen LogP contribution in [0.4, 0.5) is 10.5 Å². The Morgan fingerprint density at radius 2 is 1.90 bits per heavy atom. The number of anilines is 1. The van der Waals surface area contributed by atoms with Crippen LogP contribution < -0.4 is 10.2 Å². The Hall–Kier alpha value is -1.55. The highest BCUT2D eigenvalue weighted by Gasteiger charge is 2.43. The second kappa shape index (κ2) is 5.09. The molecule has 3 rings (SSSR count). The summed E-state index contributed by atoms with van der Waals surface area (Å²) in [6, 6.07) is 6.49. The SMILES string of the molecule is O=C1CC2(CCCCC2)NC(=O)N1c1cccc(Cl)c1. The van der Waals surface area contributed by atoms with Crippen LogP contribution in [0.25, 0.3) is 0 Å². The van der Waals surface area contributed by atoms with E-state index in [-0.39, 0.29) is 17.5 Å². The van der Waals surface area contributed by atoms with Gasteiger partial charge in [0.1, 0.15) is 0 Å². The third kappa shape index (κ3) is 2.40. The summed E-state index contributed by atoms with van der Waals surface area (Å²) in [5.41, 5.74) is 0.215. The molecule has 1 saturated carbocycles. The first-order chi connectivity index (χ1) is 9.60. The van der Waals surface area contributed by atoms with Gasteiger partial charge in [-0.1, -0.05) is 36.9 Å². The predicted molar refractivity (Wildman–Crippen MR) is 77.9 cm³/mol. The molecule has 20 heavy (non-hydrogen) atoms. The molecule has 4 nitrogen and oxygen atoms in total. The quantitative estimate of drug-likeness (QED) is 0.861. The Kier molecular flexibility index (Phi) is 3.42. The summed E-state index contributed by atoms with van der Waals surface area (Å²) in [5.74, 6) is -0.141. The number of carbonyl (C=O) groups excluding carboxylic acids is 2. The molecule has 0 bridgehead atoms. The normalized spacial score (nSPS) is 21.9. The van der Waals surface area contributed by atoms with E-state index in [1.807, 2.05) is 0 Å². The van der Waals surface area contributed by atoms with Crippen molar-refractivity contribution in [3.8, 4) is 0 Å². The van der Waals surface area contributed by atoms with Gasteiger partial charge in [0.15, 0.2) is 0 Å². The summed E-state index contributed by atoms with van der Waals surface area (Å²) < 4.78 is 0. The molecule has 3 amide bonds. The molecule has 2 aliphatic rings. The highest BCUT2D eigenvalue weighted by Crippen LogP contribution is 2.35. The lowest BCUT2D eigenvalue weighted by Crippen LogP contribution is -2.62.